The number of anilines is 1. The van der Waals surface area contributed by atoms with Crippen LogP contribution in [-0.4, -0.2) is 36.3 Å². The zero-order valence-corrected chi connectivity index (χ0v) is 15.0. The summed E-state index contributed by atoms with van der Waals surface area (Å²) < 4.78 is 37.6. The van der Waals surface area contributed by atoms with Gasteiger partial charge in [0.1, 0.15) is 12.4 Å². The van der Waals surface area contributed by atoms with Crippen LogP contribution in [0.3, 0.4) is 0 Å². The number of rotatable bonds is 2. The summed E-state index contributed by atoms with van der Waals surface area (Å²) in [5.41, 5.74) is 4.06. The molecular weight excluding hydrogens is 377 g/mol. The molecule has 2 aromatic rings. The van der Waals surface area contributed by atoms with Crippen molar-refractivity contribution in [3.8, 4) is 16.9 Å². The number of carbonyl (C=O) groups excluding carboxylic acids is 1. The second-order valence-corrected chi connectivity index (χ2v) is 5.88. The van der Waals surface area contributed by atoms with Crippen molar-refractivity contribution in [1.82, 2.24) is 5.32 Å². The third-order valence-corrected chi connectivity index (χ3v) is 3.67. The van der Waals surface area contributed by atoms with Crippen LogP contribution in [-0.2, 0) is 16.1 Å². The predicted octanol–water partition coefficient (Wildman–Crippen LogP) is 3.43. The number of hydrogen-bond donors (Lipinski definition) is 3. The van der Waals surface area contributed by atoms with Crippen LogP contribution in [0.15, 0.2) is 42.5 Å². The van der Waals surface area contributed by atoms with Crippen LogP contribution >= 0.6 is 0 Å². The Morgan fingerprint density at radius 2 is 1.86 bits per heavy atom. The average molecular weight is 396 g/mol. The first-order valence-corrected chi connectivity index (χ1v) is 8.32. The summed E-state index contributed by atoms with van der Waals surface area (Å²) in [5, 5.41) is 13.3. The molecule has 150 valence electrons. The number of para-hydroxylation sites is 1. The quantitative estimate of drug-likeness (QED) is 0.724. The minimum Gasteiger partial charge on any atom is -0.491 e. The number of aliphatic carboxylic acids is 1. The molecule has 0 atom stereocenters. The summed E-state index contributed by atoms with van der Waals surface area (Å²) in [6.07, 6.45) is -5.08. The van der Waals surface area contributed by atoms with E-state index in [-0.39, 0.29) is 5.91 Å². The van der Waals surface area contributed by atoms with Crippen molar-refractivity contribution >= 4 is 17.6 Å². The monoisotopic (exact) mass is 396 g/mol. The van der Waals surface area contributed by atoms with Gasteiger partial charge in [-0.3, -0.25) is 4.79 Å². The number of fused-ring (bicyclic) bond motifs is 1. The molecule has 0 aromatic heterocycles. The number of alkyl halides is 3. The molecule has 0 radical (unpaired) electrons. The second kappa shape index (κ2) is 9.23. The van der Waals surface area contributed by atoms with E-state index in [9.17, 15) is 18.0 Å². The van der Waals surface area contributed by atoms with Gasteiger partial charge in [0.05, 0.1) is 0 Å². The lowest BCUT2D eigenvalue weighted by atomic mass is 10.0. The highest BCUT2D eigenvalue weighted by Gasteiger charge is 2.38. The first-order chi connectivity index (χ1) is 13.2. The van der Waals surface area contributed by atoms with E-state index in [1.165, 1.54) is 6.92 Å². The third-order valence-electron chi connectivity index (χ3n) is 3.67. The van der Waals surface area contributed by atoms with Crippen molar-refractivity contribution < 1.29 is 32.6 Å². The zero-order chi connectivity index (χ0) is 20.7. The first-order valence-electron chi connectivity index (χ1n) is 8.32. The third kappa shape index (κ3) is 5.98. The van der Waals surface area contributed by atoms with E-state index < -0.39 is 12.1 Å². The first kappa shape index (κ1) is 21.2. The molecule has 1 aliphatic heterocycles. The molecule has 1 amide bonds. The molecule has 1 heterocycles. The molecule has 28 heavy (non-hydrogen) atoms. The van der Waals surface area contributed by atoms with Crippen molar-refractivity contribution in [1.29, 1.82) is 0 Å². The maximum absolute atomic E-state index is 11.2. The topological polar surface area (TPSA) is 87.7 Å². The summed E-state index contributed by atoms with van der Waals surface area (Å²) >= 11 is 0. The highest BCUT2D eigenvalue weighted by atomic mass is 19.4. The molecule has 3 rings (SSSR count). The summed E-state index contributed by atoms with van der Waals surface area (Å²) in [7, 11) is 0. The van der Waals surface area contributed by atoms with Gasteiger partial charge in [0.15, 0.2) is 0 Å². The van der Waals surface area contributed by atoms with Gasteiger partial charge in [-0.15, -0.1) is 0 Å². The van der Waals surface area contributed by atoms with Crippen molar-refractivity contribution in [3.63, 3.8) is 0 Å². The fourth-order valence-corrected chi connectivity index (χ4v) is 2.54. The van der Waals surface area contributed by atoms with Gasteiger partial charge >= 0.3 is 12.1 Å². The Balaban J connectivity index is 0.000000345. The van der Waals surface area contributed by atoms with Gasteiger partial charge in [-0.1, -0.05) is 30.3 Å². The summed E-state index contributed by atoms with van der Waals surface area (Å²) in [6, 6.07) is 14.0. The molecule has 2 aromatic carbocycles. The number of carbonyl (C=O) groups is 2. The number of benzene rings is 2. The van der Waals surface area contributed by atoms with E-state index in [1.807, 2.05) is 30.3 Å². The van der Waals surface area contributed by atoms with E-state index in [4.69, 9.17) is 14.6 Å². The Morgan fingerprint density at radius 3 is 2.50 bits per heavy atom. The number of hydrogen-bond acceptors (Lipinski definition) is 4. The molecule has 0 spiro atoms. The minimum atomic E-state index is -5.08. The van der Waals surface area contributed by atoms with E-state index >= 15 is 0 Å². The summed E-state index contributed by atoms with van der Waals surface area (Å²) in [4.78, 5) is 20.1. The minimum absolute atomic E-state index is 0.0699. The SMILES string of the molecule is CC(=O)Nc1cccc(-c2cccc3c2OCCNC3)c1.O=C(O)C(F)(F)F. The van der Waals surface area contributed by atoms with Gasteiger partial charge in [0.2, 0.25) is 5.91 Å². The zero-order valence-electron chi connectivity index (χ0n) is 15.0. The van der Waals surface area contributed by atoms with Crippen LogP contribution in [0.2, 0.25) is 0 Å². The highest BCUT2D eigenvalue weighted by molar-refractivity contribution is 5.89. The molecule has 0 aliphatic carbocycles. The van der Waals surface area contributed by atoms with Crippen molar-refractivity contribution in [2.24, 2.45) is 0 Å². The number of ether oxygens (including phenoxy) is 1. The Morgan fingerprint density at radius 1 is 1.18 bits per heavy atom. The number of amides is 1. The van der Waals surface area contributed by atoms with Crippen molar-refractivity contribution in [3.05, 3.63) is 48.0 Å². The van der Waals surface area contributed by atoms with Crippen LogP contribution in [0.4, 0.5) is 18.9 Å². The Kier molecular flexibility index (Phi) is 7.00. The number of carboxylic acids is 1. The van der Waals surface area contributed by atoms with E-state index in [0.717, 1.165) is 41.2 Å². The molecule has 9 heteroatoms. The van der Waals surface area contributed by atoms with Crippen LogP contribution in [0.25, 0.3) is 11.1 Å². The summed E-state index contributed by atoms with van der Waals surface area (Å²) in [6.45, 7) is 3.83. The molecule has 3 N–H and O–H groups in total. The van der Waals surface area contributed by atoms with Gasteiger partial charge in [-0.05, 0) is 17.7 Å². The average Bonchev–Trinajstić information content (AvgIpc) is 2.86. The van der Waals surface area contributed by atoms with Gasteiger partial charge in [0.25, 0.3) is 0 Å². The number of halogens is 3. The Hall–Kier alpha value is -3.07. The molecule has 0 fully saturated rings. The van der Waals surface area contributed by atoms with Gasteiger partial charge in [0, 0.05) is 36.8 Å². The smallest absolute Gasteiger partial charge is 0.490 e. The lowest BCUT2D eigenvalue weighted by Crippen LogP contribution is -2.21. The van der Waals surface area contributed by atoms with E-state index in [0.29, 0.717) is 6.61 Å². The van der Waals surface area contributed by atoms with E-state index in [1.54, 1.807) is 0 Å². The number of carboxylic acid groups (broad SMARTS) is 1. The fraction of sp³-hybridized carbons (Fsp3) is 0.263. The molecule has 0 saturated carbocycles. The molecule has 6 nitrogen and oxygen atoms in total. The standard InChI is InChI=1S/C17H18N2O2.C2HF3O2/c1-12(20)19-15-6-2-4-13(10-15)16-7-3-5-14-11-18-8-9-21-17(14)16;3-2(4,5)1(6)7/h2-7,10,18H,8-9,11H2,1H3,(H,19,20);(H,6,7). The maximum atomic E-state index is 11.2. The van der Waals surface area contributed by atoms with Gasteiger partial charge < -0.3 is 20.5 Å². The van der Waals surface area contributed by atoms with Crippen molar-refractivity contribution in [2.45, 2.75) is 19.6 Å². The highest BCUT2D eigenvalue weighted by Crippen LogP contribution is 2.35. The molecule has 1 aliphatic rings. The maximum Gasteiger partial charge on any atom is 0.490 e. The molecule has 0 bridgehead atoms. The fourth-order valence-electron chi connectivity index (χ4n) is 2.54. The molecular formula is C19H19F3N2O4. The number of nitrogens with one attached hydrogen (secondary N) is 2. The lowest BCUT2D eigenvalue weighted by Gasteiger charge is -2.13. The largest absolute Gasteiger partial charge is 0.491 e. The predicted molar refractivity (Wildman–Crippen MR) is 97.1 cm³/mol. The second-order valence-electron chi connectivity index (χ2n) is 5.88. The lowest BCUT2D eigenvalue weighted by molar-refractivity contribution is -0.192. The van der Waals surface area contributed by atoms with Crippen LogP contribution < -0.4 is 15.4 Å². The van der Waals surface area contributed by atoms with E-state index in [2.05, 4.69) is 22.8 Å². The molecule has 0 saturated heterocycles. The van der Waals surface area contributed by atoms with Gasteiger partial charge in [-0.2, -0.15) is 13.2 Å². The molecule has 0 unspecified atom stereocenters. The Bertz CT molecular complexity index is 853. The summed E-state index contributed by atoms with van der Waals surface area (Å²) in [5.74, 6) is -1.89. The van der Waals surface area contributed by atoms with Crippen LogP contribution in [0.1, 0.15) is 12.5 Å². The van der Waals surface area contributed by atoms with Gasteiger partial charge in [-0.25, -0.2) is 4.79 Å². The normalized spacial score (nSPS) is 13.1. The van der Waals surface area contributed by atoms with Crippen LogP contribution in [0.5, 0.6) is 5.75 Å². The van der Waals surface area contributed by atoms with Crippen molar-refractivity contribution in [2.75, 3.05) is 18.5 Å². The van der Waals surface area contributed by atoms with Crippen LogP contribution in [0, 0.1) is 0 Å². The Labute approximate surface area is 159 Å².